The molecule has 0 radical (unpaired) electrons. The number of carbonyl (C=O) groups is 1. The van der Waals surface area contributed by atoms with Gasteiger partial charge in [-0.05, 0) is 43.7 Å². The average Bonchev–Trinajstić information content (AvgIpc) is 2.87. The largest absolute Gasteiger partial charge is 0.370 e. The summed E-state index contributed by atoms with van der Waals surface area (Å²) in [5.41, 5.74) is 1.25. The molecule has 7 heteroatoms. The van der Waals surface area contributed by atoms with Crippen molar-refractivity contribution in [2.75, 3.05) is 60.9 Å². The maximum absolute atomic E-state index is 12.8. The monoisotopic (exact) mass is 436 g/mol. The fourth-order valence-corrected chi connectivity index (χ4v) is 4.72. The van der Waals surface area contributed by atoms with Crippen LogP contribution in [0.25, 0.3) is 0 Å². The van der Waals surface area contributed by atoms with Gasteiger partial charge in [-0.15, -0.1) is 0 Å². The molecule has 172 valence electrons. The van der Waals surface area contributed by atoms with E-state index in [4.69, 9.17) is 0 Å². The number of nitrogens with one attached hydrogen (secondary N) is 1. The molecule has 0 aliphatic carbocycles. The lowest BCUT2D eigenvalue weighted by molar-refractivity contribution is -0.131. The maximum atomic E-state index is 12.8. The Labute approximate surface area is 191 Å². The molecule has 2 aromatic rings. The first-order valence-corrected chi connectivity index (χ1v) is 12.1. The molecule has 1 amide bonds. The first-order chi connectivity index (χ1) is 15.7. The Morgan fingerprint density at radius 2 is 1.88 bits per heavy atom. The van der Waals surface area contributed by atoms with Crippen molar-refractivity contribution < 1.29 is 4.79 Å². The number of aromatic nitrogens is 2. The summed E-state index contributed by atoms with van der Waals surface area (Å²) in [5, 5.41) is 3.34. The number of anilines is 3. The fraction of sp³-hybridized carbons (Fsp3) is 0.560. The van der Waals surface area contributed by atoms with Gasteiger partial charge in [0.05, 0.1) is 0 Å². The summed E-state index contributed by atoms with van der Waals surface area (Å²) in [5.74, 6) is 2.73. The van der Waals surface area contributed by atoms with Crippen LogP contribution in [-0.2, 0) is 4.79 Å². The normalized spacial score (nSPS) is 19.2. The van der Waals surface area contributed by atoms with E-state index in [-0.39, 0.29) is 0 Å². The standard InChI is InChI=1S/C25H36N6O/c1-2-12-26-23-18-24(28-20-27-23)31-13-6-7-21(19-31)10-11-25(32)30-16-14-29(15-17-30)22-8-4-3-5-9-22/h3-5,8-9,18,20-21H,2,6-7,10-17,19H2,1H3,(H,26,27,28). The summed E-state index contributed by atoms with van der Waals surface area (Å²) in [6.07, 6.45) is 6.67. The Morgan fingerprint density at radius 1 is 1.06 bits per heavy atom. The Kier molecular flexibility index (Phi) is 7.80. The fourth-order valence-electron chi connectivity index (χ4n) is 4.72. The highest BCUT2D eigenvalue weighted by Gasteiger charge is 2.25. The summed E-state index contributed by atoms with van der Waals surface area (Å²) in [4.78, 5) is 28.4. The van der Waals surface area contributed by atoms with Gasteiger partial charge in [-0.2, -0.15) is 0 Å². The van der Waals surface area contributed by atoms with Gasteiger partial charge in [0, 0.05) is 64.0 Å². The van der Waals surface area contributed by atoms with Crippen molar-refractivity contribution in [2.24, 2.45) is 5.92 Å². The third-order valence-electron chi connectivity index (χ3n) is 6.57. The van der Waals surface area contributed by atoms with E-state index in [0.717, 1.165) is 76.7 Å². The summed E-state index contributed by atoms with van der Waals surface area (Å²) < 4.78 is 0. The van der Waals surface area contributed by atoms with Crippen LogP contribution in [0.4, 0.5) is 17.3 Å². The van der Waals surface area contributed by atoms with E-state index in [0.29, 0.717) is 18.2 Å². The van der Waals surface area contributed by atoms with Crippen LogP contribution in [0.5, 0.6) is 0 Å². The van der Waals surface area contributed by atoms with Crippen LogP contribution in [0, 0.1) is 5.92 Å². The number of benzene rings is 1. The number of hydrogen-bond acceptors (Lipinski definition) is 6. The summed E-state index contributed by atoms with van der Waals surface area (Å²) in [6.45, 7) is 8.52. The van der Waals surface area contributed by atoms with Crippen LogP contribution in [0.3, 0.4) is 0 Å². The average molecular weight is 437 g/mol. The van der Waals surface area contributed by atoms with Crippen molar-refractivity contribution in [3.63, 3.8) is 0 Å². The number of piperidine rings is 1. The Hall–Kier alpha value is -2.83. The number of nitrogens with zero attached hydrogens (tertiary/aromatic N) is 5. The zero-order chi connectivity index (χ0) is 22.2. The van der Waals surface area contributed by atoms with Gasteiger partial charge in [0.25, 0.3) is 0 Å². The molecule has 0 spiro atoms. The lowest BCUT2D eigenvalue weighted by atomic mass is 9.93. The highest BCUT2D eigenvalue weighted by molar-refractivity contribution is 5.76. The van der Waals surface area contributed by atoms with Crippen LogP contribution in [0.2, 0.25) is 0 Å². The number of carbonyl (C=O) groups excluding carboxylic acids is 1. The van der Waals surface area contributed by atoms with Gasteiger partial charge in [0.15, 0.2) is 0 Å². The van der Waals surface area contributed by atoms with Crippen molar-refractivity contribution in [1.82, 2.24) is 14.9 Å². The van der Waals surface area contributed by atoms with Crippen molar-refractivity contribution >= 4 is 23.2 Å². The van der Waals surface area contributed by atoms with Crippen LogP contribution >= 0.6 is 0 Å². The number of hydrogen-bond donors (Lipinski definition) is 1. The predicted octanol–water partition coefficient (Wildman–Crippen LogP) is 3.64. The molecular formula is C25H36N6O. The number of rotatable bonds is 8. The molecule has 2 aliphatic heterocycles. The SMILES string of the molecule is CCCNc1cc(N2CCCC(CCC(=O)N3CCN(c4ccccc4)CC3)C2)ncn1. The molecular weight excluding hydrogens is 400 g/mol. The van der Waals surface area contributed by atoms with Gasteiger partial charge in [-0.1, -0.05) is 25.1 Å². The molecule has 1 aromatic carbocycles. The molecule has 32 heavy (non-hydrogen) atoms. The van der Waals surface area contributed by atoms with E-state index in [1.54, 1.807) is 6.33 Å². The van der Waals surface area contributed by atoms with E-state index >= 15 is 0 Å². The summed E-state index contributed by atoms with van der Waals surface area (Å²) in [7, 11) is 0. The van der Waals surface area contributed by atoms with Crippen LogP contribution < -0.4 is 15.1 Å². The van der Waals surface area contributed by atoms with Crippen molar-refractivity contribution in [1.29, 1.82) is 0 Å². The zero-order valence-corrected chi connectivity index (χ0v) is 19.2. The smallest absolute Gasteiger partial charge is 0.222 e. The highest BCUT2D eigenvalue weighted by atomic mass is 16.2. The minimum Gasteiger partial charge on any atom is -0.370 e. The maximum Gasteiger partial charge on any atom is 0.222 e. The van der Waals surface area contributed by atoms with Gasteiger partial charge in [0.2, 0.25) is 5.91 Å². The first kappa shape index (κ1) is 22.4. The summed E-state index contributed by atoms with van der Waals surface area (Å²) >= 11 is 0. The van der Waals surface area contributed by atoms with Crippen LogP contribution in [-0.4, -0.2) is 66.6 Å². The van der Waals surface area contributed by atoms with Crippen LogP contribution in [0.15, 0.2) is 42.7 Å². The third-order valence-corrected chi connectivity index (χ3v) is 6.57. The molecule has 2 fully saturated rings. The molecule has 4 rings (SSSR count). The number of piperazine rings is 1. The minimum absolute atomic E-state index is 0.308. The molecule has 7 nitrogen and oxygen atoms in total. The summed E-state index contributed by atoms with van der Waals surface area (Å²) in [6, 6.07) is 12.5. The molecule has 2 saturated heterocycles. The van der Waals surface area contributed by atoms with Gasteiger partial charge < -0.3 is 20.0 Å². The van der Waals surface area contributed by atoms with Gasteiger partial charge in [-0.3, -0.25) is 4.79 Å². The molecule has 2 aliphatic rings. The van der Waals surface area contributed by atoms with Crippen molar-refractivity contribution in [2.45, 2.75) is 39.0 Å². The topological polar surface area (TPSA) is 64.6 Å². The van der Waals surface area contributed by atoms with Crippen molar-refractivity contribution in [3.8, 4) is 0 Å². The molecule has 1 atom stereocenters. The lowest BCUT2D eigenvalue weighted by Gasteiger charge is -2.37. The second-order valence-corrected chi connectivity index (χ2v) is 8.88. The van der Waals surface area contributed by atoms with Gasteiger partial charge in [0.1, 0.15) is 18.0 Å². The van der Waals surface area contributed by atoms with E-state index in [1.165, 1.54) is 12.1 Å². The van der Waals surface area contributed by atoms with Crippen molar-refractivity contribution in [3.05, 3.63) is 42.7 Å². The van der Waals surface area contributed by atoms with E-state index in [1.807, 2.05) is 6.07 Å². The Morgan fingerprint density at radius 3 is 2.66 bits per heavy atom. The number of amides is 1. The molecule has 0 saturated carbocycles. The van der Waals surface area contributed by atoms with E-state index in [2.05, 4.69) is 67.2 Å². The molecule has 1 unspecified atom stereocenters. The van der Waals surface area contributed by atoms with E-state index in [9.17, 15) is 4.79 Å². The van der Waals surface area contributed by atoms with Gasteiger partial charge in [-0.25, -0.2) is 9.97 Å². The Balaban J connectivity index is 1.23. The van der Waals surface area contributed by atoms with E-state index < -0.39 is 0 Å². The second kappa shape index (κ2) is 11.2. The third kappa shape index (κ3) is 5.90. The van der Waals surface area contributed by atoms with Gasteiger partial charge >= 0.3 is 0 Å². The molecule has 1 aromatic heterocycles. The lowest BCUT2D eigenvalue weighted by Crippen LogP contribution is -2.49. The molecule has 0 bridgehead atoms. The first-order valence-electron chi connectivity index (χ1n) is 12.1. The number of para-hydroxylation sites is 1. The molecule has 1 N–H and O–H groups in total. The zero-order valence-electron chi connectivity index (χ0n) is 19.2. The quantitative estimate of drug-likeness (QED) is 0.682. The predicted molar refractivity (Wildman–Crippen MR) is 130 cm³/mol. The molecule has 3 heterocycles. The Bertz CT molecular complexity index is 853. The highest BCUT2D eigenvalue weighted by Crippen LogP contribution is 2.26. The minimum atomic E-state index is 0.308. The van der Waals surface area contributed by atoms with Crippen LogP contribution in [0.1, 0.15) is 39.0 Å². The second-order valence-electron chi connectivity index (χ2n) is 8.88.